The van der Waals surface area contributed by atoms with Gasteiger partial charge in [-0.2, -0.15) is 0 Å². The maximum atomic E-state index is 12.7. The van der Waals surface area contributed by atoms with Gasteiger partial charge >= 0.3 is 6.03 Å². The highest BCUT2D eigenvalue weighted by Gasteiger charge is 2.25. The van der Waals surface area contributed by atoms with E-state index >= 15 is 0 Å². The molecule has 2 heterocycles. The number of nitrogens with one attached hydrogen (secondary N) is 1. The van der Waals surface area contributed by atoms with Crippen LogP contribution in [0, 0.1) is 5.92 Å². The molecule has 2 amide bonds. The minimum absolute atomic E-state index is 0.0534. The lowest BCUT2D eigenvalue weighted by Crippen LogP contribution is -2.47. The van der Waals surface area contributed by atoms with E-state index in [0.717, 1.165) is 51.2 Å². The van der Waals surface area contributed by atoms with Crippen LogP contribution in [-0.2, 0) is 17.7 Å². The molecule has 2 aliphatic heterocycles. The summed E-state index contributed by atoms with van der Waals surface area (Å²) in [6, 6.07) is 6.41. The second kappa shape index (κ2) is 7.88. The van der Waals surface area contributed by atoms with Crippen LogP contribution in [0.1, 0.15) is 37.3 Å². The third-order valence-corrected chi connectivity index (χ3v) is 5.26. The van der Waals surface area contributed by atoms with E-state index in [0.29, 0.717) is 12.5 Å². The van der Waals surface area contributed by atoms with Crippen LogP contribution < -0.4 is 10.1 Å². The topological polar surface area (TPSA) is 50.8 Å². The molecule has 132 valence electrons. The van der Waals surface area contributed by atoms with Crippen molar-refractivity contribution in [3.8, 4) is 5.75 Å². The molecule has 1 aromatic rings. The monoisotopic (exact) mass is 332 g/mol. The van der Waals surface area contributed by atoms with Gasteiger partial charge in [-0.25, -0.2) is 4.79 Å². The van der Waals surface area contributed by atoms with Crippen molar-refractivity contribution in [1.29, 1.82) is 0 Å². The maximum Gasteiger partial charge on any atom is 0.317 e. The van der Waals surface area contributed by atoms with E-state index in [9.17, 15) is 4.79 Å². The summed E-state index contributed by atoms with van der Waals surface area (Å²) >= 11 is 0. The van der Waals surface area contributed by atoms with E-state index in [1.807, 2.05) is 11.0 Å². The van der Waals surface area contributed by atoms with E-state index in [-0.39, 0.29) is 12.1 Å². The number of nitrogens with zero attached hydrogens (tertiary/aromatic N) is 1. The number of carbonyl (C=O) groups excluding carboxylic acids is 1. The number of ether oxygens (including phenoxy) is 2. The number of benzene rings is 1. The molecule has 0 aliphatic carbocycles. The summed E-state index contributed by atoms with van der Waals surface area (Å²) < 4.78 is 10.7. The van der Waals surface area contributed by atoms with E-state index in [4.69, 9.17) is 9.47 Å². The van der Waals surface area contributed by atoms with Crippen molar-refractivity contribution in [2.75, 3.05) is 26.9 Å². The average Bonchev–Trinajstić information content (AvgIpc) is 2.84. The van der Waals surface area contributed by atoms with Crippen molar-refractivity contribution < 1.29 is 14.3 Å². The Hall–Kier alpha value is -1.75. The summed E-state index contributed by atoms with van der Waals surface area (Å²) in [6.07, 6.45) is 4.04. The van der Waals surface area contributed by atoms with Gasteiger partial charge in [0.1, 0.15) is 5.75 Å². The molecule has 5 heteroatoms. The lowest BCUT2D eigenvalue weighted by Gasteiger charge is -2.30. The van der Waals surface area contributed by atoms with Crippen molar-refractivity contribution in [1.82, 2.24) is 10.2 Å². The molecule has 5 nitrogen and oxygen atoms in total. The predicted octanol–water partition coefficient (Wildman–Crippen LogP) is 2.97. The van der Waals surface area contributed by atoms with Crippen LogP contribution in [-0.4, -0.2) is 43.8 Å². The number of methoxy groups -OCH3 is 1. The Labute approximate surface area is 144 Å². The molecule has 1 saturated heterocycles. The summed E-state index contributed by atoms with van der Waals surface area (Å²) in [5.41, 5.74) is 2.52. The highest BCUT2D eigenvalue weighted by atomic mass is 16.5. The Balaban J connectivity index is 1.62. The first-order chi connectivity index (χ1) is 11.7. The lowest BCUT2D eigenvalue weighted by atomic mass is 9.93. The molecule has 0 bridgehead atoms. The molecule has 2 aliphatic rings. The normalized spacial score (nSPS) is 20.0. The number of rotatable bonds is 3. The van der Waals surface area contributed by atoms with E-state index in [1.165, 1.54) is 11.1 Å². The van der Waals surface area contributed by atoms with Crippen LogP contribution in [0.3, 0.4) is 0 Å². The van der Waals surface area contributed by atoms with Gasteiger partial charge in [0.2, 0.25) is 0 Å². The van der Waals surface area contributed by atoms with Gasteiger partial charge in [-0.15, -0.1) is 0 Å². The quantitative estimate of drug-likeness (QED) is 0.926. The van der Waals surface area contributed by atoms with Crippen LogP contribution in [0.2, 0.25) is 0 Å². The van der Waals surface area contributed by atoms with Gasteiger partial charge in [0, 0.05) is 32.3 Å². The molecular weight excluding hydrogens is 304 g/mol. The smallest absolute Gasteiger partial charge is 0.317 e. The van der Waals surface area contributed by atoms with Crippen LogP contribution in [0.4, 0.5) is 4.79 Å². The summed E-state index contributed by atoms with van der Waals surface area (Å²) in [4.78, 5) is 14.6. The van der Waals surface area contributed by atoms with E-state index in [2.05, 4.69) is 24.4 Å². The molecule has 0 saturated carbocycles. The number of hydrogen-bond donors (Lipinski definition) is 1. The van der Waals surface area contributed by atoms with Crippen LogP contribution in [0.5, 0.6) is 5.75 Å². The van der Waals surface area contributed by atoms with Crippen molar-refractivity contribution in [2.24, 2.45) is 5.92 Å². The summed E-state index contributed by atoms with van der Waals surface area (Å²) in [5, 5.41) is 3.21. The van der Waals surface area contributed by atoms with Gasteiger partial charge in [-0.1, -0.05) is 6.07 Å². The number of amides is 2. The first kappa shape index (κ1) is 17.1. The van der Waals surface area contributed by atoms with Crippen LogP contribution in [0.25, 0.3) is 0 Å². The zero-order chi connectivity index (χ0) is 16.9. The third kappa shape index (κ3) is 4.01. The number of aryl methyl sites for hydroxylation is 1. The van der Waals surface area contributed by atoms with Crippen LogP contribution in [0.15, 0.2) is 18.2 Å². The molecule has 1 fully saturated rings. The fraction of sp³-hybridized carbons (Fsp3) is 0.632. The van der Waals surface area contributed by atoms with Crippen molar-refractivity contribution in [3.05, 3.63) is 29.3 Å². The second-order valence-electron chi connectivity index (χ2n) is 6.85. The van der Waals surface area contributed by atoms with Gasteiger partial charge in [-0.05, 0) is 61.8 Å². The Morgan fingerprint density at radius 2 is 2.12 bits per heavy atom. The van der Waals surface area contributed by atoms with Crippen LogP contribution >= 0.6 is 0 Å². The number of carbonyl (C=O) groups is 1. The Morgan fingerprint density at radius 1 is 1.33 bits per heavy atom. The zero-order valence-corrected chi connectivity index (χ0v) is 14.7. The average molecular weight is 332 g/mol. The van der Waals surface area contributed by atoms with Gasteiger partial charge < -0.3 is 19.7 Å². The Morgan fingerprint density at radius 3 is 2.88 bits per heavy atom. The van der Waals surface area contributed by atoms with Gasteiger partial charge in [0.05, 0.1) is 7.11 Å². The SMILES string of the molecule is COc1ccc2c(c1)CCCN(C(=O)NC(C)C1CCOCC1)C2. The Kier molecular flexibility index (Phi) is 5.61. The predicted molar refractivity (Wildman–Crippen MR) is 93.3 cm³/mol. The molecule has 0 aromatic heterocycles. The summed E-state index contributed by atoms with van der Waals surface area (Å²) in [5.74, 6) is 1.41. The van der Waals surface area contributed by atoms with Gasteiger partial charge in [0.15, 0.2) is 0 Å². The zero-order valence-electron chi connectivity index (χ0n) is 14.7. The number of urea groups is 1. The largest absolute Gasteiger partial charge is 0.497 e. The molecule has 1 atom stereocenters. The highest BCUT2D eigenvalue weighted by Crippen LogP contribution is 2.24. The molecule has 24 heavy (non-hydrogen) atoms. The first-order valence-electron chi connectivity index (χ1n) is 8.96. The fourth-order valence-electron chi connectivity index (χ4n) is 3.65. The summed E-state index contributed by atoms with van der Waals surface area (Å²) in [7, 11) is 1.69. The Bertz CT molecular complexity index is 570. The molecule has 0 spiro atoms. The standard InChI is InChI=1S/C19H28N2O3/c1-14(15-7-10-24-11-8-15)20-19(22)21-9-3-4-16-12-18(23-2)6-5-17(16)13-21/h5-6,12,14-15H,3-4,7-11,13H2,1-2H3,(H,20,22). The van der Waals surface area contributed by atoms with E-state index < -0.39 is 0 Å². The van der Waals surface area contributed by atoms with Crippen molar-refractivity contribution >= 4 is 6.03 Å². The number of hydrogen-bond acceptors (Lipinski definition) is 3. The van der Waals surface area contributed by atoms with Gasteiger partial charge in [0.25, 0.3) is 0 Å². The maximum absolute atomic E-state index is 12.7. The molecule has 3 rings (SSSR count). The molecule has 1 aromatic carbocycles. The van der Waals surface area contributed by atoms with Crippen molar-refractivity contribution in [2.45, 2.75) is 45.2 Å². The second-order valence-corrected chi connectivity index (χ2v) is 6.85. The minimum Gasteiger partial charge on any atom is -0.497 e. The number of fused-ring (bicyclic) bond motifs is 1. The fourth-order valence-corrected chi connectivity index (χ4v) is 3.65. The molecule has 1 unspecified atom stereocenters. The third-order valence-electron chi connectivity index (χ3n) is 5.26. The van der Waals surface area contributed by atoms with E-state index in [1.54, 1.807) is 7.11 Å². The molecule has 0 radical (unpaired) electrons. The highest BCUT2D eigenvalue weighted by molar-refractivity contribution is 5.74. The van der Waals surface area contributed by atoms with Gasteiger partial charge in [-0.3, -0.25) is 0 Å². The lowest BCUT2D eigenvalue weighted by molar-refractivity contribution is 0.0562. The summed E-state index contributed by atoms with van der Waals surface area (Å²) in [6.45, 7) is 5.20. The molecule has 1 N–H and O–H groups in total. The van der Waals surface area contributed by atoms with Crippen molar-refractivity contribution in [3.63, 3.8) is 0 Å². The minimum atomic E-state index is 0.0534. The molecular formula is C19H28N2O3. The first-order valence-corrected chi connectivity index (χ1v) is 8.96.